The smallest absolute Gasteiger partial charge is 0.220 e. The van der Waals surface area contributed by atoms with Gasteiger partial charge in [0.2, 0.25) is 5.91 Å². The number of hydrogen-bond acceptors (Lipinski definition) is 4. The molecule has 3 rings (SSSR count). The van der Waals surface area contributed by atoms with Crippen LogP contribution < -0.4 is 10.5 Å². The molecule has 3 N–H and O–H groups in total. The van der Waals surface area contributed by atoms with Gasteiger partial charge in [0, 0.05) is 13.1 Å². The van der Waals surface area contributed by atoms with Crippen LogP contribution in [0.5, 0.6) is 5.75 Å². The highest BCUT2D eigenvalue weighted by molar-refractivity contribution is 5.75. The molecule has 1 saturated heterocycles. The molecule has 1 amide bonds. The SMILES string of the molecule is NC(=O)CC1(O)CCCN(Cc2cccc(OCc3ccccc3)c2)C1. The summed E-state index contributed by atoms with van der Waals surface area (Å²) in [5.41, 5.74) is 6.52. The van der Waals surface area contributed by atoms with Crippen LogP contribution in [0.2, 0.25) is 0 Å². The van der Waals surface area contributed by atoms with Gasteiger partial charge in [-0.05, 0) is 42.6 Å². The molecule has 1 fully saturated rings. The van der Waals surface area contributed by atoms with Gasteiger partial charge in [0.25, 0.3) is 0 Å². The Morgan fingerprint density at radius 1 is 1.15 bits per heavy atom. The van der Waals surface area contributed by atoms with Crippen molar-refractivity contribution < 1.29 is 14.6 Å². The summed E-state index contributed by atoms with van der Waals surface area (Å²) >= 11 is 0. The maximum Gasteiger partial charge on any atom is 0.220 e. The van der Waals surface area contributed by atoms with Gasteiger partial charge in [-0.1, -0.05) is 42.5 Å². The number of hydrogen-bond donors (Lipinski definition) is 2. The maximum absolute atomic E-state index is 11.2. The molecule has 0 radical (unpaired) electrons. The lowest BCUT2D eigenvalue weighted by molar-refractivity contribution is -0.125. The molecule has 0 saturated carbocycles. The molecule has 1 aliphatic heterocycles. The molecular formula is C21H26N2O3. The number of amides is 1. The third-order valence-electron chi connectivity index (χ3n) is 4.69. The highest BCUT2D eigenvalue weighted by atomic mass is 16.5. The lowest BCUT2D eigenvalue weighted by Crippen LogP contribution is -2.49. The van der Waals surface area contributed by atoms with Gasteiger partial charge in [-0.15, -0.1) is 0 Å². The number of carbonyl (C=O) groups excluding carboxylic acids is 1. The van der Waals surface area contributed by atoms with E-state index in [1.54, 1.807) is 0 Å². The second kappa shape index (κ2) is 8.34. The van der Waals surface area contributed by atoms with E-state index in [-0.39, 0.29) is 6.42 Å². The summed E-state index contributed by atoms with van der Waals surface area (Å²) < 4.78 is 5.89. The Morgan fingerprint density at radius 2 is 1.92 bits per heavy atom. The Balaban J connectivity index is 1.58. The molecule has 5 nitrogen and oxygen atoms in total. The molecule has 0 spiro atoms. The first-order chi connectivity index (χ1) is 12.5. The van der Waals surface area contributed by atoms with Crippen LogP contribution in [0.15, 0.2) is 54.6 Å². The van der Waals surface area contributed by atoms with Gasteiger partial charge in [0.1, 0.15) is 12.4 Å². The van der Waals surface area contributed by atoms with Gasteiger partial charge >= 0.3 is 0 Å². The van der Waals surface area contributed by atoms with Gasteiger partial charge < -0.3 is 15.6 Å². The molecular weight excluding hydrogens is 328 g/mol. The fourth-order valence-electron chi connectivity index (χ4n) is 3.54. The highest BCUT2D eigenvalue weighted by Crippen LogP contribution is 2.26. The number of ether oxygens (including phenoxy) is 1. The lowest BCUT2D eigenvalue weighted by atomic mass is 9.89. The number of nitrogens with zero attached hydrogens (tertiary/aromatic N) is 1. The Kier molecular flexibility index (Phi) is 5.91. The molecule has 26 heavy (non-hydrogen) atoms. The Labute approximate surface area is 154 Å². The fraction of sp³-hybridized carbons (Fsp3) is 0.381. The first-order valence-corrected chi connectivity index (χ1v) is 9.01. The van der Waals surface area contributed by atoms with E-state index in [1.807, 2.05) is 48.5 Å². The average Bonchev–Trinajstić information content (AvgIpc) is 2.60. The van der Waals surface area contributed by atoms with Gasteiger partial charge in [0.15, 0.2) is 0 Å². The minimum absolute atomic E-state index is 0.0176. The van der Waals surface area contributed by atoms with Gasteiger partial charge in [-0.3, -0.25) is 9.69 Å². The van der Waals surface area contributed by atoms with E-state index in [1.165, 1.54) is 0 Å². The summed E-state index contributed by atoms with van der Waals surface area (Å²) in [6, 6.07) is 18.1. The molecule has 1 heterocycles. The molecule has 1 aliphatic rings. The number of likely N-dealkylation sites (tertiary alicyclic amines) is 1. The lowest BCUT2D eigenvalue weighted by Gasteiger charge is -2.38. The van der Waals surface area contributed by atoms with E-state index in [2.05, 4.69) is 11.0 Å². The summed E-state index contributed by atoms with van der Waals surface area (Å²) in [6.45, 7) is 2.61. The van der Waals surface area contributed by atoms with Crippen molar-refractivity contribution in [3.63, 3.8) is 0 Å². The molecule has 138 valence electrons. The highest BCUT2D eigenvalue weighted by Gasteiger charge is 2.34. The summed E-state index contributed by atoms with van der Waals surface area (Å²) in [7, 11) is 0. The topological polar surface area (TPSA) is 75.8 Å². The van der Waals surface area contributed by atoms with Gasteiger partial charge in [-0.25, -0.2) is 0 Å². The number of piperidine rings is 1. The van der Waals surface area contributed by atoms with Crippen LogP contribution in [-0.2, 0) is 17.9 Å². The maximum atomic E-state index is 11.2. The minimum atomic E-state index is -1.01. The predicted molar refractivity (Wildman–Crippen MR) is 100 cm³/mol. The second-order valence-corrected chi connectivity index (χ2v) is 7.10. The van der Waals surface area contributed by atoms with Crippen molar-refractivity contribution in [3.05, 3.63) is 65.7 Å². The Hall–Kier alpha value is -2.37. The number of nitrogens with two attached hydrogens (primary N) is 1. The third kappa shape index (κ3) is 5.31. The van der Waals surface area contributed by atoms with E-state index in [0.29, 0.717) is 26.1 Å². The largest absolute Gasteiger partial charge is 0.489 e. The van der Waals surface area contributed by atoms with Crippen LogP contribution in [0.3, 0.4) is 0 Å². The molecule has 2 aromatic carbocycles. The number of rotatable bonds is 7. The number of primary amides is 1. The van der Waals surface area contributed by atoms with Crippen LogP contribution in [-0.4, -0.2) is 34.6 Å². The van der Waals surface area contributed by atoms with Crippen molar-refractivity contribution in [3.8, 4) is 5.75 Å². The molecule has 0 aliphatic carbocycles. The third-order valence-corrected chi connectivity index (χ3v) is 4.69. The van der Waals surface area contributed by atoms with Crippen molar-refractivity contribution in [1.29, 1.82) is 0 Å². The van der Waals surface area contributed by atoms with E-state index in [0.717, 1.165) is 29.8 Å². The Morgan fingerprint density at radius 3 is 2.69 bits per heavy atom. The zero-order valence-corrected chi connectivity index (χ0v) is 14.9. The first kappa shape index (κ1) is 18.4. The van der Waals surface area contributed by atoms with E-state index < -0.39 is 11.5 Å². The number of aliphatic hydroxyl groups is 1. The van der Waals surface area contributed by atoms with Crippen molar-refractivity contribution in [2.24, 2.45) is 5.73 Å². The summed E-state index contributed by atoms with van der Waals surface area (Å²) in [5.74, 6) is 0.376. The van der Waals surface area contributed by atoms with E-state index >= 15 is 0 Å². The normalized spacial score (nSPS) is 20.7. The molecule has 2 aromatic rings. The molecule has 0 bridgehead atoms. The minimum Gasteiger partial charge on any atom is -0.489 e. The predicted octanol–water partition coefficient (Wildman–Crippen LogP) is 2.47. The van der Waals surface area contributed by atoms with E-state index in [4.69, 9.17) is 10.5 Å². The van der Waals surface area contributed by atoms with Crippen molar-refractivity contribution in [2.45, 2.75) is 38.0 Å². The van der Waals surface area contributed by atoms with Crippen LogP contribution in [0, 0.1) is 0 Å². The molecule has 0 aromatic heterocycles. The number of carbonyl (C=O) groups is 1. The zero-order valence-electron chi connectivity index (χ0n) is 14.9. The van der Waals surface area contributed by atoms with E-state index in [9.17, 15) is 9.90 Å². The monoisotopic (exact) mass is 354 g/mol. The fourth-order valence-corrected chi connectivity index (χ4v) is 3.54. The van der Waals surface area contributed by atoms with Crippen LogP contribution in [0.4, 0.5) is 0 Å². The summed E-state index contributed by atoms with van der Waals surface area (Å²) in [4.78, 5) is 13.4. The molecule has 5 heteroatoms. The number of β-amino-alcohol motifs (C(OH)–C–C–N with tert-alkyl or cyclic N) is 1. The summed E-state index contributed by atoms with van der Waals surface area (Å²) in [5, 5.41) is 10.6. The molecule has 1 unspecified atom stereocenters. The molecule has 1 atom stereocenters. The first-order valence-electron chi connectivity index (χ1n) is 9.01. The Bertz CT molecular complexity index is 735. The average molecular weight is 354 g/mol. The van der Waals surface area contributed by atoms with Crippen LogP contribution in [0.25, 0.3) is 0 Å². The van der Waals surface area contributed by atoms with Crippen LogP contribution >= 0.6 is 0 Å². The van der Waals surface area contributed by atoms with Crippen molar-refractivity contribution >= 4 is 5.91 Å². The van der Waals surface area contributed by atoms with Crippen molar-refractivity contribution in [1.82, 2.24) is 4.90 Å². The zero-order chi connectivity index (χ0) is 18.4. The quantitative estimate of drug-likeness (QED) is 0.801. The number of benzene rings is 2. The summed E-state index contributed by atoms with van der Waals surface area (Å²) in [6.07, 6.45) is 1.49. The van der Waals surface area contributed by atoms with Crippen molar-refractivity contribution in [2.75, 3.05) is 13.1 Å². The van der Waals surface area contributed by atoms with Gasteiger partial charge in [0.05, 0.1) is 12.0 Å². The standard InChI is InChI=1S/C21H26N2O3/c22-20(24)13-21(25)10-5-11-23(16-21)14-18-8-4-9-19(12-18)26-15-17-6-2-1-3-7-17/h1-4,6-9,12,25H,5,10-11,13-16H2,(H2,22,24). The second-order valence-electron chi connectivity index (χ2n) is 7.10. The van der Waals surface area contributed by atoms with Crippen LogP contribution in [0.1, 0.15) is 30.4 Å². The van der Waals surface area contributed by atoms with Gasteiger partial charge in [-0.2, -0.15) is 0 Å².